The average Bonchev–Trinajstić information content (AvgIpc) is 2.40. The molecule has 20 heavy (non-hydrogen) atoms. The predicted molar refractivity (Wildman–Crippen MR) is 88.5 cm³/mol. The molecule has 2 heteroatoms. The summed E-state index contributed by atoms with van der Waals surface area (Å²) in [5.74, 6) is 0. The zero-order valence-electron chi connectivity index (χ0n) is 13.8. The molecule has 1 aromatic carbocycles. The van der Waals surface area contributed by atoms with Gasteiger partial charge in [0.15, 0.2) is 0 Å². The molecular weight excluding hydrogens is 246 g/mol. The molecule has 0 aliphatic carbocycles. The first-order valence-electron chi connectivity index (χ1n) is 7.87. The number of aryl methyl sites for hydroxylation is 1. The van der Waals surface area contributed by atoms with Crippen molar-refractivity contribution in [2.45, 2.75) is 71.4 Å². The van der Waals surface area contributed by atoms with E-state index in [1.807, 2.05) is 0 Å². The maximum Gasteiger partial charge on any atom is 0.0642 e. The van der Waals surface area contributed by atoms with Gasteiger partial charge in [-0.25, -0.2) is 0 Å². The van der Waals surface area contributed by atoms with Crippen LogP contribution in [0.5, 0.6) is 0 Å². The van der Waals surface area contributed by atoms with Crippen LogP contribution in [0.1, 0.15) is 58.9 Å². The fourth-order valence-electron chi connectivity index (χ4n) is 2.50. The number of benzene rings is 1. The molecule has 0 heterocycles. The van der Waals surface area contributed by atoms with E-state index in [-0.39, 0.29) is 5.60 Å². The molecule has 0 bridgehead atoms. The molecule has 0 aromatic heterocycles. The van der Waals surface area contributed by atoms with Crippen LogP contribution in [0.15, 0.2) is 24.3 Å². The molecule has 1 atom stereocenters. The van der Waals surface area contributed by atoms with Crippen LogP contribution in [0, 0.1) is 0 Å². The molecule has 1 rings (SSSR count). The maximum absolute atomic E-state index is 5.48. The highest BCUT2D eigenvalue weighted by atomic mass is 16.5. The third kappa shape index (κ3) is 6.42. The summed E-state index contributed by atoms with van der Waals surface area (Å²) >= 11 is 0. The standard InChI is InChI=1S/C18H31NO/c1-6-7-8-9-16-10-12-17(13-11-16)19-15(2)14-18(3,4)20-5/h10-13,15,19H,6-9,14H2,1-5H3. The average molecular weight is 277 g/mol. The Morgan fingerprint density at radius 2 is 1.80 bits per heavy atom. The van der Waals surface area contributed by atoms with Crippen molar-refractivity contribution in [3.63, 3.8) is 0 Å². The monoisotopic (exact) mass is 277 g/mol. The Bertz CT molecular complexity index is 370. The Morgan fingerprint density at radius 1 is 1.15 bits per heavy atom. The smallest absolute Gasteiger partial charge is 0.0642 e. The molecule has 0 fully saturated rings. The van der Waals surface area contributed by atoms with Gasteiger partial charge in [-0.05, 0) is 57.7 Å². The van der Waals surface area contributed by atoms with Gasteiger partial charge in [-0.15, -0.1) is 0 Å². The highest BCUT2D eigenvalue weighted by Gasteiger charge is 2.19. The first-order chi connectivity index (χ1) is 9.46. The van der Waals surface area contributed by atoms with Crippen LogP contribution in [0.3, 0.4) is 0 Å². The van der Waals surface area contributed by atoms with Crippen LogP contribution in [0.2, 0.25) is 0 Å². The Morgan fingerprint density at radius 3 is 2.35 bits per heavy atom. The summed E-state index contributed by atoms with van der Waals surface area (Å²) in [5, 5.41) is 3.55. The lowest BCUT2D eigenvalue weighted by Gasteiger charge is -2.27. The van der Waals surface area contributed by atoms with Gasteiger partial charge in [-0.2, -0.15) is 0 Å². The normalized spacial score (nSPS) is 13.2. The first kappa shape index (κ1) is 17.0. The zero-order chi connectivity index (χ0) is 15.0. The Kier molecular flexibility index (Phi) is 7.08. The van der Waals surface area contributed by atoms with E-state index in [1.165, 1.54) is 36.9 Å². The highest BCUT2D eigenvalue weighted by Crippen LogP contribution is 2.19. The van der Waals surface area contributed by atoms with Crippen molar-refractivity contribution < 1.29 is 4.74 Å². The SMILES string of the molecule is CCCCCc1ccc(NC(C)CC(C)(C)OC)cc1. The summed E-state index contributed by atoms with van der Waals surface area (Å²) in [6, 6.07) is 9.27. The lowest BCUT2D eigenvalue weighted by molar-refractivity contribution is 0.0128. The summed E-state index contributed by atoms with van der Waals surface area (Å²) in [4.78, 5) is 0. The largest absolute Gasteiger partial charge is 0.382 e. The van der Waals surface area contributed by atoms with Gasteiger partial charge in [0.25, 0.3) is 0 Å². The maximum atomic E-state index is 5.48. The number of methoxy groups -OCH3 is 1. The topological polar surface area (TPSA) is 21.3 Å². The second-order valence-corrected chi connectivity index (χ2v) is 6.37. The number of nitrogens with one attached hydrogen (secondary N) is 1. The lowest BCUT2D eigenvalue weighted by Crippen LogP contribution is -2.31. The molecule has 1 aromatic rings. The number of anilines is 1. The van der Waals surface area contributed by atoms with Gasteiger partial charge in [-0.1, -0.05) is 31.9 Å². The van der Waals surface area contributed by atoms with Crippen LogP contribution >= 0.6 is 0 Å². The number of rotatable bonds is 9. The van der Waals surface area contributed by atoms with E-state index in [4.69, 9.17) is 4.74 Å². The predicted octanol–water partition coefficient (Wildman–Crippen LogP) is 5.03. The van der Waals surface area contributed by atoms with Gasteiger partial charge in [0.2, 0.25) is 0 Å². The van der Waals surface area contributed by atoms with Gasteiger partial charge >= 0.3 is 0 Å². The van der Waals surface area contributed by atoms with Crippen LogP contribution < -0.4 is 5.32 Å². The van der Waals surface area contributed by atoms with Crippen molar-refractivity contribution in [1.82, 2.24) is 0 Å². The molecule has 0 spiro atoms. The van der Waals surface area contributed by atoms with Gasteiger partial charge in [-0.3, -0.25) is 0 Å². The fraction of sp³-hybridized carbons (Fsp3) is 0.667. The minimum absolute atomic E-state index is 0.0769. The second-order valence-electron chi connectivity index (χ2n) is 6.37. The summed E-state index contributed by atoms with van der Waals surface area (Å²) < 4.78 is 5.48. The summed E-state index contributed by atoms with van der Waals surface area (Å²) in [5.41, 5.74) is 2.56. The molecule has 0 aliphatic rings. The van der Waals surface area contributed by atoms with E-state index < -0.39 is 0 Å². The molecule has 0 amide bonds. The van der Waals surface area contributed by atoms with Gasteiger partial charge < -0.3 is 10.1 Å². The van der Waals surface area contributed by atoms with Crippen molar-refractivity contribution in [2.24, 2.45) is 0 Å². The molecule has 1 N–H and O–H groups in total. The van der Waals surface area contributed by atoms with E-state index in [9.17, 15) is 0 Å². The minimum Gasteiger partial charge on any atom is -0.382 e. The van der Waals surface area contributed by atoms with Gasteiger partial charge in [0.1, 0.15) is 0 Å². The summed E-state index contributed by atoms with van der Waals surface area (Å²) in [6.07, 6.45) is 6.08. The van der Waals surface area contributed by atoms with E-state index in [0.29, 0.717) is 6.04 Å². The molecule has 0 saturated heterocycles. The Balaban J connectivity index is 2.44. The van der Waals surface area contributed by atoms with Crippen LogP contribution in [-0.2, 0) is 11.2 Å². The Hall–Kier alpha value is -1.02. The van der Waals surface area contributed by atoms with Crippen LogP contribution in [0.25, 0.3) is 0 Å². The molecule has 1 unspecified atom stereocenters. The summed E-state index contributed by atoms with van der Waals surface area (Å²) in [6.45, 7) is 8.70. The highest BCUT2D eigenvalue weighted by molar-refractivity contribution is 5.45. The fourth-order valence-corrected chi connectivity index (χ4v) is 2.50. The van der Waals surface area contributed by atoms with Crippen molar-refractivity contribution in [1.29, 1.82) is 0 Å². The molecule has 0 aliphatic heterocycles. The zero-order valence-corrected chi connectivity index (χ0v) is 13.8. The molecule has 0 saturated carbocycles. The van der Waals surface area contributed by atoms with E-state index in [0.717, 1.165) is 6.42 Å². The second kappa shape index (κ2) is 8.31. The van der Waals surface area contributed by atoms with E-state index >= 15 is 0 Å². The van der Waals surface area contributed by atoms with E-state index in [1.54, 1.807) is 7.11 Å². The number of hydrogen-bond donors (Lipinski definition) is 1. The quantitative estimate of drug-likeness (QED) is 0.639. The van der Waals surface area contributed by atoms with Crippen molar-refractivity contribution in [2.75, 3.05) is 12.4 Å². The van der Waals surface area contributed by atoms with Crippen LogP contribution in [-0.4, -0.2) is 18.8 Å². The lowest BCUT2D eigenvalue weighted by atomic mass is 9.99. The molecule has 2 nitrogen and oxygen atoms in total. The minimum atomic E-state index is -0.0769. The number of hydrogen-bond acceptors (Lipinski definition) is 2. The van der Waals surface area contributed by atoms with E-state index in [2.05, 4.69) is 57.3 Å². The Labute approximate surface area is 124 Å². The molecular formula is C18H31NO. The van der Waals surface area contributed by atoms with Crippen molar-refractivity contribution in [3.8, 4) is 0 Å². The van der Waals surface area contributed by atoms with Crippen molar-refractivity contribution >= 4 is 5.69 Å². The summed E-state index contributed by atoms with van der Waals surface area (Å²) in [7, 11) is 1.78. The molecule has 0 radical (unpaired) electrons. The van der Waals surface area contributed by atoms with Gasteiger partial charge in [0.05, 0.1) is 5.60 Å². The third-order valence-electron chi connectivity index (χ3n) is 3.79. The number of unbranched alkanes of at least 4 members (excludes halogenated alkanes) is 2. The molecule has 114 valence electrons. The third-order valence-corrected chi connectivity index (χ3v) is 3.79. The van der Waals surface area contributed by atoms with Gasteiger partial charge in [0, 0.05) is 18.8 Å². The number of ether oxygens (including phenoxy) is 1. The first-order valence-corrected chi connectivity index (χ1v) is 7.87. The van der Waals surface area contributed by atoms with Crippen molar-refractivity contribution in [3.05, 3.63) is 29.8 Å². The van der Waals surface area contributed by atoms with Crippen LogP contribution in [0.4, 0.5) is 5.69 Å².